The van der Waals surface area contributed by atoms with Gasteiger partial charge in [0.25, 0.3) is 5.91 Å². The number of aromatic nitrogens is 1. The van der Waals surface area contributed by atoms with Gasteiger partial charge in [-0.25, -0.2) is 0 Å². The van der Waals surface area contributed by atoms with Crippen LogP contribution in [0.4, 0.5) is 5.69 Å². The lowest BCUT2D eigenvalue weighted by Gasteiger charge is -2.28. The van der Waals surface area contributed by atoms with Crippen LogP contribution < -0.4 is 10.5 Å². The number of hydrogen-bond acceptors (Lipinski definition) is 3. The van der Waals surface area contributed by atoms with E-state index in [1.165, 1.54) is 10.6 Å². The van der Waals surface area contributed by atoms with Crippen molar-refractivity contribution in [3.05, 3.63) is 64.1 Å². The van der Waals surface area contributed by atoms with Crippen LogP contribution >= 0.6 is 0 Å². The molecule has 0 saturated carbocycles. The molecule has 1 atom stereocenters. The summed E-state index contributed by atoms with van der Waals surface area (Å²) in [7, 11) is 3.71. The standard InChI is InChI=1S/C18H21N3O2/c1-13-10-19(2)16-7-5-4-6-14(16)12-21(13)18(23)15-8-9-17(22)20(3)11-15/h4-9,11,13H,10,12H2,1-3H3. The third kappa shape index (κ3) is 2.86. The molecule has 120 valence electrons. The van der Waals surface area contributed by atoms with Crippen LogP contribution in [0.25, 0.3) is 0 Å². The Morgan fingerprint density at radius 3 is 2.61 bits per heavy atom. The summed E-state index contributed by atoms with van der Waals surface area (Å²) >= 11 is 0. The first-order chi connectivity index (χ1) is 11.0. The Kier molecular flexibility index (Phi) is 3.94. The van der Waals surface area contributed by atoms with Gasteiger partial charge in [0.05, 0.1) is 5.56 Å². The predicted molar refractivity (Wildman–Crippen MR) is 90.7 cm³/mol. The van der Waals surface area contributed by atoms with Crippen LogP contribution in [0.2, 0.25) is 0 Å². The molecular formula is C18H21N3O2. The summed E-state index contributed by atoms with van der Waals surface area (Å²) in [5, 5.41) is 0. The number of anilines is 1. The van der Waals surface area contributed by atoms with Crippen molar-refractivity contribution >= 4 is 11.6 Å². The fourth-order valence-corrected chi connectivity index (χ4v) is 3.11. The SMILES string of the molecule is CC1CN(C)c2ccccc2CN1C(=O)c1ccc(=O)n(C)c1. The molecule has 0 N–H and O–H groups in total. The second-order valence-electron chi connectivity index (χ2n) is 6.16. The fourth-order valence-electron chi connectivity index (χ4n) is 3.11. The van der Waals surface area contributed by atoms with Gasteiger partial charge in [0.1, 0.15) is 0 Å². The van der Waals surface area contributed by atoms with Crippen LogP contribution in [0.1, 0.15) is 22.8 Å². The van der Waals surface area contributed by atoms with E-state index in [1.807, 2.05) is 17.0 Å². The van der Waals surface area contributed by atoms with Crippen molar-refractivity contribution in [2.45, 2.75) is 19.5 Å². The van der Waals surface area contributed by atoms with E-state index >= 15 is 0 Å². The van der Waals surface area contributed by atoms with E-state index in [2.05, 4.69) is 31.0 Å². The molecule has 0 radical (unpaired) electrons. The first-order valence-electron chi connectivity index (χ1n) is 7.74. The average Bonchev–Trinajstić information content (AvgIpc) is 2.66. The summed E-state index contributed by atoms with van der Waals surface area (Å²) in [5.41, 5.74) is 2.73. The molecule has 0 aliphatic carbocycles. The molecule has 2 aromatic rings. The van der Waals surface area contributed by atoms with Gasteiger partial charge >= 0.3 is 0 Å². The summed E-state index contributed by atoms with van der Waals surface area (Å²) in [6.07, 6.45) is 1.61. The molecule has 1 aromatic carbocycles. The molecule has 1 unspecified atom stereocenters. The van der Waals surface area contributed by atoms with Gasteiger partial charge < -0.3 is 14.4 Å². The van der Waals surface area contributed by atoms with E-state index in [0.29, 0.717) is 12.1 Å². The quantitative estimate of drug-likeness (QED) is 0.807. The number of carbonyl (C=O) groups excluding carboxylic acids is 1. The number of amides is 1. The highest BCUT2D eigenvalue weighted by Gasteiger charge is 2.27. The Hall–Kier alpha value is -2.56. The van der Waals surface area contributed by atoms with Crippen LogP contribution in [-0.4, -0.2) is 35.0 Å². The minimum atomic E-state index is -0.115. The number of fused-ring (bicyclic) bond motifs is 1. The van der Waals surface area contributed by atoms with Gasteiger partial charge in [0.15, 0.2) is 0 Å². The van der Waals surface area contributed by atoms with Gasteiger partial charge in [-0.3, -0.25) is 9.59 Å². The Bertz CT molecular complexity index is 797. The molecule has 1 amide bonds. The molecule has 2 heterocycles. The Balaban J connectivity index is 1.96. The van der Waals surface area contributed by atoms with Gasteiger partial charge in [-0.1, -0.05) is 18.2 Å². The zero-order valence-electron chi connectivity index (χ0n) is 13.7. The third-order valence-corrected chi connectivity index (χ3v) is 4.41. The van der Waals surface area contributed by atoms with Gasteiger partial charge in [-0.2, -0.15) is 0 Å². The summed E-state index contributed by atoms with van der Waals surface area (Å²) < 4.78 is 1.44. The van der Waals surface area contributed by atoms with Gasteiger partial charge in [0, 0.05) is 51.2 Å². The topological polar surface area (TPSA) is 45.6 Å². The van der Waals surface area contributed by atoms with Crippen LogP contribution in [0.15, 0.2) is 47.4 Å². The smallest absolute Gasteiger partial charge is 0.255 e. The number of likely N-dealkylation sites (N-methyl/N-ethyl adjacent to an activating group) is 1. The van der Waals surface area contributed by atoms with E-state index in [0.717, 1.165) is 17.8 Å². The second-order valence-corrected chi connectivity index (χ2v) is 6.16. The van der Waals surface area contributed by atoms with Gasteiger partial charge in [-0.15, -0.1) is 0 Å². The molecule has 5 heteroatoms. The zero-order chi connectivity index (χ0) is 16.6. The number of hydrogen-bond donors (Lipinski definition) is 0. The van der Waals surface area contributed by atoms with E-state index < -0.39 is 0 Å². The molecular weight excluding hydrogens is 290 g/mol. The van der Waals surface area contributed by atoms with E-state index in [9.17, 15) is 9.59 Å². The summed E-state index contributed by atoms with van der Waals surface area (Å²) in [4.78, 5) is 28.5. The van der Waals surface area contributed by atoms with Crippen LogP contribution in [0, 0.1) is 0 Å². The van der Waals surface area contributed by atoms with Crippen molar-refractivity contribution in [3.8, 4) is 0 Å². The lowest BCUT2D eigenvalue weighted by Crippen LogP contribution is -2.42. The molecule has 5 nitrogen and oxygen atoms in total. The fraction of sp³-hybridized carbons (Fsp3) is 0.333. The number of benzene rings is 1. The van der Waals surface area contributed by atoms with E-state index in [1.54, 1.807) is 19.3 Å². The van der Waals surface area contributed by atoms with Gasteiger partial charge in [0.2, 0.25) is 5.56 Å². The van der Waals surface area contributed by atoms with Crippen molar-refractivity contribution < 1.29 is 4.79 Å². The first-order valence-corrected chi connectivity index (χ1v) is 7.74. The normalized spacial score (nSPS) is 17.6. The van der Waals surface area contributed by atoms with Crippen LogP contribution in [0.5, 0.6) is 0 Å². The average molecular weight is 311 g/mol. The molecule has 0 spiro atoms. The summed E-state index contributed by atoms with van der Waals surface area (Å²) in [6.45, 7) is 3.40. The summed E-state index contributed by atoms with van der Waals surface area (Å²) in [5.74, 6) is -0.0433. The summed E-state index contributed by atoms with van der Waals surface area (Å²) in [6, 6.07) is 11.3. The molecule has 0 fully saturated rings. The molecule has 1 aromatic heterocycles. The maximum absolute atomic E-state index is 12.9. The Labute approximate surface area is 135 Å². The number of carbonyl (C=O) groups is 1. The lowest BCUT2D eigenvalue weighted by molar-refractivity contribution is 0.0686. The molecule has 0 saturated heterocycles. The molecule has 3 rings (SSSR count). The Morgan fingerprint density at radius 2 is 1.87 bits per heavy atom. The monoisotopic (exact) mass is 311 g/mol. The first kappa shape index (κ1) is 15.3. The minimum absolute atomic E-state index is 0.0433. The highest BCUT2D eigenvalue weighted by Crippen LogP contribution is 2.26. The second kappa shape index (κ2) is 5.91. The van der Waals surface area contributed by atoms with Gasteiger partial charge in [-0.05, 0) is 24.6 Å². The van der Waals surface area contributed by atoms with Crippen molar-refractivity contribution in [1.82, 2.24) is 9.47 Å². The zero-order valence-corrected chi connectivity index (χ0v) is 13.7. The lowest BCUT2D eigenvalue weighted by atomic mass is 10.1. The number of rotatable bonds is 1. The molecule has 1 aliphatic rings. The maximum atomic E-state index is 12.9. The maximum Gasteiger partial charge on any atom is 0.255 e. The van der Waals surface area contributed by atoms with Crippen molar-refractivity contribution in [2.75, 3.05) is 18.5 Å². The third-order valence-electron chi connectivity index (χ3n) is 4.41. The van der Waals surface area contributed by atoms with E-state index in [4.69, 9.17) is 0 Å². The molecule has 1 aliphatic heterocycles. The highest BCUT2D eigenvalue weighted by atomic mass is 16.2. The number of pyridine rings is 1. The van der Waals surface area contributed by atoms with E-state index in [-0.39, 0.29) is 17.5 Å². The van der Waals surface area contributed by atoms with Crippen molar-refractivity contribution in [2.24, 2.45) is 7.05 Å². The van der Waals surface area contributed by atoms with Crippen LogP contribution in [-0.2, 0) is 13.6 Å². The molecule has 0 bridgehead atoms. The minimum Gasteiger partial charge on any atom is -0.372 e. The Morgan fingerprint density at radius 1 is 1.13 bits per heavy atom. The van der Waals surface area contributed by atoms with Crippen molar-refractivity contribution in [3.63, 3.8) is 0 Å². The predicted octanol–water partition coefficient (Wildman–Crippen LogP) is 1.87. The number of para-hydroxylation sites is 1. The number of aryl methyl sites for hydroxylation is 1. The molecule has 23 heavy (non-hydrogen) atoms. The largest absolute Gasteiger partial charge is 0.372 e. The van der Waals surface area contributed by atoms with Crippen LogP contribution in [0.3, 0.4) is 0 Å². The number of nitrogens with zero attached hydrogens (tertiary/aromatic N) is 3. The van der Waals surface area contributed by atoms with Crippen molar-refractivity contribution in [1.29, 1.82) is 0 Å². The highest BCUT2D eigenvalue weighted by molar-refractivity contribution is 5.94.